The molecule has 37 valence electrons. The van der Waals surface area contributed by atoms with Crippen molar-refractivity contribution in [2.24, 2.45) is 5.73 Å². The molecule has 0 aliphatic heterocycles. The molecule has 0 spiro atoms. The highest BCUT2D eigenvalue weighted by Gasteiger charge is 1.90. The van der Waals surface area contributed by atoms with E-state index in [9.17, 15) is 0 Å². The van der Waals surface area contributed by atoms with Gasteiger partial charge in [0.1, 0.15) is 0 Å². The van der Waals surface area contributed by atoms with E-state index in [2.05, 4.69) is 6.92 Å². The van der Waals surface area contributed by atoms with Crippen LogP contribution in [0.3, 0.4) is 0 Å². The van der Waals surface area contributed by atoms with E-state index in [0.717, 1.165) is 0 Å². The maximum atomic E-state index is 5.25. The Kier molecular flexibility index (Phi) is 2.13. The maximum Gasteiger partial charge on any atom is 0.0567 e. The zero-order chi connectivity index (χ0) is 5.15. The van der Waals surface area contributed by atoms with Crippen molar-refractivity contribution < 1.29 is 0 Å². The number of hydrogen-bond donors (Lipinski definition) is 1. The fourth-order valence-corrected chi connectivity index (χ4v) is 0. The summed E-state index contributed by atoms with van der Waals surface area (Å²) in [6.45, 7) is 3.54. The zero-order valence-electron chi connectivity index (χ0n) is 4.31. The van der Waals surface area contributed by atoms with Crippen LogP contribution in [0.4, 0.5) is 0 Å². The maximum absolute atomic E-state index is 5.25. The van der Waals surface area contributed by atoms with Gasteiger partial charge in [-0.25, -0.2) is 0 Å². The van der Waals surface area contributed by atoms with Gasteiger partial charge >= 0.3 is 0 Å². The van der Waals surface area contributed by atoms with Crippen LogP contribution in [-0.4, -0.2) is 25.2 Å². The van der Waals surface area contributed by atoms with E-state index in [1.807, 2.05) is 19.0 Å². The number of hydrogen-bond acceptors (Lipinski definition) is 2. The Morgan fingerprint density at radius 1 is 1.67 bits per heavy atom. The van der Waals surface area contributed by atoms with Crippen LogP contribution in [0.25, 0.3) is 0 Å². The van der Waals surface area contributed by atoms with Gasteiger partial charge in [0.2, 0.25) is 0 Å². The van der Waals surface area contributed by atoms with Crippen molar-refractivity contribution in [3.63, 3.8) is 0 Å². The van der Waals surface area contributed by atoms with Crippen LogP contribution in [0.5, 0.6) is 0 Å². The molecule has 0 saturated heterocycles. The fourth-order valence-electron chi connectivity index (χ4n) is 0. The normalized spacial score (nSPS) is 15.5. The molecule has 0 aromatic heterocycles. The second kappa shape index (κ2) is 2.16. The van der Waals surface area contributed by atoms with Crippen molar-refractivity contribution >= 4 is 0 Å². The van der Waals surface area contributed by atoms with Crippen LogP contribution >= 0.6 is 0 Å². The zero-order valence-corrected chi connectivity index (χ0v) is 4.31. The lowest BCUT2D eigenvalue weighted by molar-refractivity contribution is 0.349. The van der Waals surface area contributed by atoms with E-state index >= 15 is 0 Å². The standard InChI is InChI=1S/C4H11N2/c1-4(5)6(2)3/h4H,1,5H2,2-3H3. The number of nitrogens with zero attached hydrogens (tertiary/aromatic N) is 1. The van der Waals surface area contributed by atoms with Gasteiger partial charge in [0, 0.05) is 0 Å². The highest BCUT2D eigenvalue weighted by Crippen LogP contribution is 1.74. The van der Waals surface area contributed by atoms with Crippen LogP contribution in [0.2, 0.25) is 0 Å². The summed E-state index contributed by atoms with van der Waals surface area (Å²) in [6, 6.07) is 0. The summed E-state index contributed by atoms with van der Waals surface area (Å²) < 4.78 is 0. The number of rotatable bonds is 1. The molecule has 0 saturated carbocycles. The molecule has 2 heteroatoms. The molecule has 1 radical (unpaired) electrons. The molecule has 0 aliphatic rings. The van der Waals surface area contributed by atoms with Gasteiger partial charge in [-0.3, -0.25) is 4.90 Å². The third kappa shape index (κ3) is 2.18. The first-order chi connectivity index (χ1) is 2.64. The Labute approximate surface area is 38.9 Å². The topological polar surface area (TPSA) is 29.3 Å². The molecule has 1 atom stereocenters. The molecular formula is C4H11N2. The smallest absolute Gasteiger partial charge is 0.0567 e. The van der Waals surface area contributed by atoms with E-state index in [1.54, 1.807) is 0 Å². The molecule has 0 rings (SSSR count). The summed E-state index contributed by atoms with van der Waals surface area (Å²) in [4.78, 5) is 1.83. The van der Waals surface area contributed by atoms with Gasteiger partial charge in [-0.05, 0) is 21.0 Å². The first-order valence-corrected chi connectivity index (χ1v) is 1.89. The van der Waals surface area contributed by atoms with Crippen LogP contribution in [0, 0.1) is 6.92 Å². The van der Waals surface area contributed by atoms with Crippen molar-refractivity contribution in [3.8, 4) is 0 Å². The highest BCUT2D eigenvalue weighted by molar-refractivity contribution is 4.56. The fraction of sp³-hybridized carbons (Fsp3) is 0.750. The van der Waals surface area contributed by atoms with Gasteiger partial charge in [0.25, 0.3) is 0 Å². The van der Waals surface area contributed by atoms with Crippen molar-refractivity contribution in [1.82, 2.24) is 4.90 Å². The Balaban J connectivity index is 2.99. The van der Waals surface area contributed by atoms with Gasteiger partial charge in [-0.15, -0.1) is 0 Å². The van der Waals surface area contributed by atoms with E-state index in [1.165, 1.54) is 0 Å². The summed E-state index contributed by atoms with van der Waals surface area (Å²) in [7, 11) is 3.77. The Bertz CT molecular complexity index is 26.5. The van der Waals surface area contributed by atoms with Gasteiger partial charge in [0.15, 0.2) is 0 Å². The summed E-state index contributed by atoms with van der Waals surface area (Å²) in [5.74, 6) is 0. The highest BCUT2D eigenvalue weighted by atomic mass is 15.2. The molecule has 0 aromatic carbocycles. The lowest BCUT2D eigenvalue weighted by Crippen LogP contribution is -2.32. The van der Waals surface area contributed by atoms with E-state index in [0.29, 0.717) is 0 Å². The van der Waals surface area contributed by atoms with Crippen molar-refractivity contribution in [1.29, 1.82) is 0 Å². The quantitative estimate of drug-likeness (QED) is 0.444. The van der Waals surface area contributed by atoms with Gasteiger partial charge in [-0.1, -0.05) is 0 Å². The SMILES string of the molecule is [CH2]C(N)N(C)C. The van der Waals surface area contributed by atoms with Crippen LogP contribution in [-0.2, 0) is 0 Å². The molecular weight excluding hydrogens is 76.1 g/mol. The summed E-state index contributed by atoms with van der Waals surface area (Å²) in [5, 5.41) is 0. The van der Waals surface area contributed by atoms with Crippen LogP contribution in [0.1, 0.15) is 0 Å². The minimum atomic E-state index is -0.0648. The minimum Gasteiger partial charge on any atom is -0.316 e. The molecule has 0 heterocycles. The second-order valence-corrected chi connectivity index (χ2v) is 1.53. The molecule has 0 aliphatic carbocycles. The molecule has 6 heavy (non-hydrogen) atoms. The lowest BCUT2D eigenvalue weighted by atomic mass is 10.6. The Morgan fingerprint density at radius 3 is 1.83 bits per heavy atom. The predicted molar refractivity (Wildman–Crippen MR) is 27.0 cm³/mol. The van der Waals surface area contributed by atoms with Gasteiger partial charge in [-0.2, -0.15) is 0 Å². The molecule has 2 N–H and O–H groups in total. The molecule has 1 unspecified atom stereocenters. The minimum absolute atomic E-state index is 0.0648. The Hall–Kier alpha value is -0.0800. The monoisotopic (exact) mass is 87.1 g/mol. The van der Waals surface area contributed by atoms with E-state index < -0.39 is 0 Å². The van der Waals surface area contributed by atoms with Crippen molar-refractivity contribution in [2.75, 3.05) is 14.1 Å². The third-order valence-electron chi connectivity index (χ3n) is 0.663. The first-order valence-electron chi connectivity index (χ1n) is 1.89. The molecule has 2 nitrogen and oxygen atoms in total. The lowest BCUT2D eigenvalue weighted by Gasteiger charge is -2.12. The summed E-state index contributed by atoms with van der Waals surface area (Å²) >= 11 is 0. The van der Waals surface area contributed by atoms with Gasteiger partial charge in [0.05, 0.1) is 6.17 Å². The van der Waals surface area contributed by atoms with Crippen molar-refractivity contribution in [2.45, 2.75) is 6.17 Å². The number of nitrogens with two attached hydrogens (primary N) is 1. The van der Waals surface area contributed by atoms with Crippen LogP contribution < -0.4 is 5.73 Å². The summed E-state index contributed by atoms with van der Waals surface area (Å²) in [6.07, 6.45) is -0.0648. The van der Waals surface area contributed by atoms with Crippen molar-refractivity contribution in [3.05, 3.63) is 6.92 Å². The second-order valence-electron chi connectivity index (χ2n) is 1.53. The third-order valence-corrected chi connectivity index (χ3v) is 0.663. The molecule has 0 fully saturated rings. The average Bonchev–Trinajstić information content (AvgIpc) is 1.36. The largest absolute Gasteiger partial charge is 0.316 e. The first kappa shape index (κ1) is 5.92. The van der Waals surface area contributed by atoms with E-state index in [4.69, 9.17) is 5.73 Å². The summed E-state index contributed by atoms with van der Waals surface area (Å²) in [5.41, 5.74) is 5.25. The van der Waals surface area contributed by atoms with E-state index in [-0.39, 0.29) is 6.17 Å². The van der Waals surface area contributed by atoms with Crippen LogP contribution in [0.15, 0.2) is 0 Å². The molecule has 0 bridgehead atoms. The Morgan fingerprint density at radius 2 is 1.83 bits per heavy atom. The molecule has 0 aromatic rings. The average molecular weight is 87.1 g/mol. The molecule has 0 amide bonds. The van der Waals surface area contributed by atoms with Gasteiger partial charge < -0.3 is 5.73 Å². The predicted octanol–water partition coefficient (Wildman–Crippen LogP) is -0.333.